The Bertz CT molecular complexity index is 4530. The van der Waals surface area contributed by atoms with Crippen molar-refractivity contribution >= 4 is 87.4 Å². The minimum Gasteiger partial charge on any atom is -0.457 e. The molecule has 7 heteroatoms. The van der Waals surface area contributed by atoms with Crippen LogP contribution in [0.3, 0.4) is 0 Å². The lowest BCUT2D eigenvalue weighted by atomic mass is 9.98. The van der Waals surface area contributed by atoms with Gasteiger partial charge in [-0.1, -0.05) is 121 Å². The molecule has 338 valence electrons. The van der Waals surface area contributed by atoms with Gasteiger partial charge in [0.05, 0.1) is 55.7 Å². The Hall–Kier alpha value is -9.72. The molecule has 72 heavy (non-hydrogen) atoms. The van der Waals surface area contributed by atoms with Crippen molar-refractivity contribution in [2.75, 3.05) is 0 Å². The Kier molecular flexibility index (Phi) is 8.09. The highest BCUT2D eigenvalue weighted by Crippen LogP contribution is 2.44. The lowest BCUT2D eigenvalue weighted by Crippen LogP contribution is -2.05. The van der Waals surface area contributed by atoms with Gasteiger partial charge in [-0.2, -0.15) is 0 Å². The number of benzene rings is 9. The highest BCUT2D eigenvalue weighted by atomic mass is 16.5. The van der Waals surface area contributed by atoms with Crippen LogP contribution in [0.25, 0.3) is 121 Å². The predicted octanol–water partition coefficient (Wildman–Crippen LogP) is 16.6. The summed E-state index contributed by atoms with van der Waals surface area (Å²) in [6, 6.07) is 76.4. The smallest absolute Gasteiger partial charge is 0.145 e. The fourth-order valence-electron chi connectivity index (χ4n) is 11.4. The molecule has 6 heterocycles. The molecule has 0 N–H and O–H groups in total. The van der Waals surface area contributed by atoms with Crippen LogP contribution in [0.4, 0.5) is 0 Å². The molecule has 0 bridgehead atoms. The van der Waals surface area contributed by atoms with Gasteiger partial charge in [0.1, 0.15) is 23.0 Å². The highest BCUT2D eigenvalue weighted by Gasteiger charge is 2.24. The maximum atomic E-state index is 9.40. The molecule has 6 aromatic heterocycles. The molecule has 9 aromatic carbocycles. The van der Waals surface area contributed by atoms with Crippen LogP contribution < -0.4 is 4.74 Å². The highest BCUT2D eigenvalue weighted by molar-refractivity contribution is 6.13. The van der Waals surface area contributed by atoms with Crippen LogP contribution in [0.15, 0.2) is 237 Å². The Morgan fingerprint density at radius 3 is 1.42 bits per heavy atom. The van der Waals surface area contributed by atoms with Gasteiger partial charge in [-0.3, -0.25) is 9.13 Å². The molecule has 0 atom stereocenters. The maximum Gasteiger partial charge on any atom is 0.145 e. The number of nitrogens with zero attached hydrogens (tertiary/aromatic N) is 6. The minimum atomic E-state index is -2.57. The summed E-state index contributed by atoms with van der Waals surface area (Å²) in [7, 11) is 0. The minimum absolute atomic E-state index is 0.178. The molecule has 0 saturated carbocycles. The molecule has 15 rings (SSSR count). The van der Waals surface area contributed by atoms with E-state index in [1.807, 2.05) is 60.8 Å². The fourth-order valence-corrected chi connectivity index (χ4v) is 11.4. The molecular weight excluding hydrogens is 881 g/mol. The van der Waals surface area contributed by atoms with Crippen LogP contribution >= 0.6 is 0 Å². The summed E-state index contributed by atoms with van der Waals surface area (Å²) in [6.07, 6.45) is 3.60. The number of fused-ring (bicyclic) bond motifs is 12. The molecule has 0 radical (unpaired) electrons. The SMILES string of the molecule is [2H]C([2H])([2H])c1cc(-n2c3ccccc3c3ccc(Oc4cccc(-n5c6ccccc6c6cccnc65)c4)cc32)ncc1-c1c(-n2c3ccccc3c3ccccc32)cccc1-n1c2ccccc2c2ccccc21. The fraction of sp³-hybridized carbons (Fsp3) is 0.0154. The molecule has 0 saturated heterocycles. The van der Waals surface area contributed by atoms with Gasteiger partial charge in [0.15, 0.2) is 0 Å². The number of ether oxygens (including phenoxy) is 1. The second kappa shape index (κ2) is 15.7. The van der Waals surface area contributed by atoms with Gasteiger partial charge >= 0.3 is 0 Å². The molecule has 0 unspecified atom stereocenters. The molecule has 15 aromatic rings. The Labute approximate surface area is 417 Å². The van der Waals surface area contributed by atoms with Crippen molar-refractivity contribution < 1.29 is 8.85 Å². The van der Waals surface area contributed by atoms with Gasteiger partial charge in [0.2, 0.25) is 0 Å². The van der Waals surface area contributed by atoms with E-state index >= 15 is 0 Å². The first kappa shape index (κ1) is 37.2. The Balaban J connectivity index is 0.938. The van der Waals surface area contributed by atoms with Gasteiger partial charge in [-0.15, -0.1) is 0 Å². The summed E-state index contributed by atoms with van der Waals surface area (Å²) < 4.78 is 43.7. The van der Waals surface area contributed by atoms with Crippen molar-refractivity contribution in [3.63, 3.8) is 0 Å². The van der Waals surface area contributed by atoms with Crippen molar-refractivity contribution in [1.29, 1.82) is 0 Å². The topological polar surface area (TPSA) is 54.7 Å². The zero-order chi connectivity index (χ0) is 49.9. The molecule has 0 aliphatic carbocycles. The zero-order valence-electron chi connectivity index (χ0n) is 41.6. The lowest BCUT2D eigenvalue weighted by Gasteiger charge is -2.21. The first-order valence-electron chi connectivity index (χ1n) is 25.6. The van der Waals surface area contributed by atoms with E-state index < -0.39 is 6.85 Å². The van der Waals surface area contributed by atoms with Gasteiger partial charge in [-0.05, 0) is 103 Å². The number of aromatic nitrogens is 6. The summed E-state index contributed by atoms with van der Waals surface area (Å²) in [4.78, 5) is 10.1. The van der Waals surface area contributed by atoms with Crippen LogP contribution in [-0.4, -0.2) is 28.2 Å². The number of hydrogen-bond acceptors (Lipinski definition) is 3. The molecule has 0 aliphatic rings. The van der Waals surface area contributed by atoms with Crippen molar-refractivity contribution in [1.82, 2.24) is 28.2 Å². The van der Waals surface area contributed by atoms with Gasteiger partial charge in [0, 0.05) is 82.9 Å². The molecule has 0 aliphatic heterocycles. The third kappa shape index (κ3) is 5.91. The van der Waals surface area contributed by atoms with Crippen molar-refractivity contribution in [3.05, 3.63) is 242 Å². The first-order valence-corrected chi connectivity index (χ1v) is 24.1. The molecule has 0 fully saturated rings. The Morgan fingerprint density at radius 1 is 0.375 bits per heavy atom. The lowest BCUT2D eigenvalue weighted by molar-refractivity contribution is 0.483. The number of hydrogen-bond donors (Lipinski definition) is 0. The van der Waals surface area contributed by atoms with Crippen LogP contribution in [0.1, 0.15) is 9.68 Å². The van der Waals surface area contributed by atoms with Crippen molar-refractivity contribution in [2.24, 2.45) is 0 Å². The summed E-state index contributed by atoms with van der Waals surface area (Å²) in [5, 5.41) is 8.62. The monoisotopic (exact) mass is 925 g/mol. The van der Waals surface area contributed by atoms with E-state index in [4.69, 9.17) is 14.7 Å². The van der Waals surface area contributed by atoms with E-state index in [0.29, 0.717) is 22.9 Å². The Morgan fingerprint density at radius 2 is 0.847 bits per heavy atom. The molecule has 0 spiro atoms. The average molecular weight is 926 g/mol. The van der Waals surface area contributed by atoms with Crippen LogP contribution in [0.5, 0.6) is 11.5 Å². The molecule has 0 amide bonds. The second-order valence-electron chi connectivity index (χ2n) is 18.4. The third-order valence-corrected chi connectivity index (χ3v) is 14.4. The van der Waals surface area contributed by atoms with E-state index in [-0.39, 0.29) is 5.56 Å². The normalized spacial score (nSPS) is 12.8. The van der Waals surface area contributed by atoms with Gasteiger partial charge < -0.3 is 13.9 Å². The quantitative estimate of drug-likeness (QED) is 0.160. The second-order valence-corrected chi connectivity index (χ2v) is 18.4. The third-order valence-electron chi connectivity index (χ3n) is 14.4. The van der Waals surface area contributed by atoms with Gasteiger partial charge in [-0.25, -0.2) is 9.97 Å². The van der Waals surface area contributed by atoms with Crippen LogP contribution in [-0.2, 0) is 0 Å². The number of para-hydroxylation sites is 6. The van der Waals surface area contributed by atoms with E-state index in [1.165, 1.54) is 0 Å². The number of aryl methyl sites for hydroxylation is 1. The van der Waals surface area contributed by atoms with Crippen LogP contribution in [0.2, 0.25) is 0 Å². The summed E-state index contributed by atoms with van der Waals surface area (Å²) in [6.45, 7) is -2.57. The summed E-state index contributed by atoms with van der Waals surface area (Å²) >= 11 is 0. The van der Waals surface area contributed by atoms with Crippen molar-refractivity contribution in [3.8, 4) is 45.5 Å². The largest absolute Gasteiger partial charge is 0.457 e. The maximum absolute atomic E-state index is 9.40. The number of rotatable bonds is 7. The van der Waals surface area contributed by atoms with Crippen molar-refractivity contribution in [2.45, 2.75) is 6.85 Å². The van der Waals surface area contributed by atoms with E-state index in [2.05, 4.69) is 182 Å². The first-order chi connectivity index (χ1) is 36.9. The van der Waals surface area contributed by atoms with E-state index in [0.717, 1.165) is 110 Å². The van der Waals surface area contributed by atoms with E-state index in [9.17, 15) is 4.11 Å². The number of pyridine rings is 2. The van der Waals surface area contributed by atoms with E-state index in [1.54, 1.807) is 12.3 Å². The summed E-state index contributed by atoms with van der Waals surface area (Å²) in [5.41, 5.74) is 11.7. The van der Waals surface area contributed by atoms with Gasteiger partial charge in [0.25, 0.3) is 0 Å². The standard InChI is InChI=1S/C65H42N6O/c1-41-37-63(71-59-31-13-6-23-49(59)51-35-34-44(39-62(51)71)72-43-18-14-17-42(38-43)68-54-26-8-7-24-50(54)52-25-16-36-66-65(52)68)67-40-53(41)64-60(69-55-27-9-2-19-45(55)46-20-3-10-28-56(46)69)32-15-33-61(64)70-57-29-11-4-21-47(57)48-22-5-12-30-58(48)70/h2-40H,1H3/i1D3. The predicted molar refractivity (Wildman–Crippen MR) is 296 cm³/mol. The average Bonchev–Trinajstić information content (AvgIpc) is 4.22. The molecule has 7 nitrogen and oxygen atoms in total. The van der Waals surface area contributed by atoms with Crippen LogP contribution in [0, 0.1) is 6.85 Å². The zero-order valence-corrected chi connectivity index (χ0v) is 38.6. The summed E-state index contributed by atoms with van der Waals surface area (Å²) in [5.74, 6) is 1.75. The molecular formula is C65H42N6O.